The molecule has 0 aliphatic rings. The Kier molecular flexibility index (Phi) is 6.09. The van der Waals surface area contributed by atoms with Crippen LogP contribution in [0.25, 0.3) is 10.1 Å². The molecule has 23 heavy (non-hydrogen) atoms. The van der Waals surface area contributed by atoms with Gasteiger partial charge in [0.2, 0.25) is 0 Å². The molecule has 2 aromatic rings. The van der Waals surface area contributed by atoms with Crippen LogP contribution in [0.4, 0.5) is 0 Å². The fourth-order valence-corrected chi connectivity index (χ4v) is 3.12. The third-order valence-corrected chi connectivity index (χ3v) is 4.36. The molecule has 1 aromatic heterocycles. The van der Waals surface area contributed by atoms with E-state index >= 15 is 0 Å². The molecule has 2 rings (SSSR count). The number of rotatable bonds is 6. The standard InChI is InChI=1S/C16H21N3O3S/c1-19(2)8-7-17-15(21)16(22)18-9-13(20)12-10-23-14-6-4-3-5-11(12)14/h3-6,10,13,20H,7-9H2,1-2H3,(H,17,21)(H,18,22). The predicted molar refractivity (Wildman–Crippen MR) is 91.4 cm³/mol. The van der Waals surface area contributed by atoms with Crippen molar-refractivity contribution in [3.05, 3.63) is 35.2 Å². The number of likely N-dealkylation sites (N-methyl/N-ethyl adjacent to an activating group) is 1. The molecule has 0 fully saturated rings. The van der Waals surface area contributed by atoms with Crippen molar-refractivity contribution in [3.8, 4) is 0 Å². The average molecular weight is 335 g/mol. The van der Waals surface area contributed by atoms with Gasteiger partial charge in [-0.25, -0.2) is 0 Å². The number of aliphatic hydroxyl groups excluding tert-OH is 1. The Labute approximate surface area is 139 Å². The first-order valence-electron chi connectivity index (χ1n) is 7.34. The minimum atomic E-state index is -0.843. The lowest BCUT2D eigenvalue weighted by Gasteiger charge is -2.12. The highest BCUT2D eigenvalue weighted by Gasteiger charge is 2.17. The Morgan fingerprint density at radius 1 is 1.22 bits per heavy atom. The van der Waals surface area contributed by atoms with E-state index in [-0.39, 0.29) is 6.54 Å². The van der Waals surface area contributed by atoms with Gasteiger partial charge < -0.3 is 20.6 Å². The van der Waals surface area contributed by atoms with E-state index in [1.807, 2.05) is 48.6 Å². The summed E-state index contributed by atoms with van der Waals surface area (Å²) in [4.78, 5) is 25.2. The molecule has 0 aliphatic heterocycles. The fraction of sp³-hybridized carbons (Fsp3) is 0.375. The van der Waals surface area contributed by atoms with Crippen molar-refractivity contribution < 1.29 is 14.7 Å². The molecule has 124 valence electrons. The zero-order chi connectivity index (χ0) is 16.8. The van der Waals surface area contributed by atoms with Gasteiger partial charge in [0, 0.05) is 29.9 Å². The van der Waals surface area contributed by atoms with E-state index in [1.165, 1.54) is 11.3 Å². The summed E-state index contributed by atoms with van der Waals surface area (Å²) >= 11 is 1.54. The number of thiophene rings is 1. The minimum Gasteiger partial charge on any atom is -0.387 e. The molecule has 6 nitrogen and oxygen atoms in total. The molecular formula is C16H21N3O3S. The van der Waals surface area contributed by atoms with Crippen LogP contribution in [-0.2, 0) is 9.59 Å². The van der Waals surface area contributed by atoms with E-state index in [2.05, 4.69) is 10.6 Å². The van der Waals surface area contributed by atoms with E-state index in [0.717, 1.165) is 15.6 Å². The quantitative estimate of drug-likeness (QED) is 0.680. The third-order valence-electron chi connectivity index (χ3n) is 3.38. The number of carbonyl (C=O) groups excluding carboxylic acids is 2. The van der Waals surface area contributed by atoms with Crippen molar-refractivity contribution >= 4 is 33.2 Å². The van der Waals surface area contributed by atoms with Crippen molar-refractivity contribution in [2.45, 2.75) is 6.10 Å². The van der Waals surface area contributed by atoms with Crippen LogP contribution < -0.4 is 10.6 Å². The average Bonchev–Trinajstić information content (AvgIpc) is 2.95. The van der Waals surface area contributed by atoms with Crippen molar-refractivity contribution in [1.82, 2.24) is 15.5 Å². The highest BCUT2D eigenvalue weighted by atomic mass is 32.1. The highest BCUT2D eigenvalue weighted by molar-refractivity contribution is 7.17. The maximum Gasteiger partial charge on any atom is 0.309 e. The van der Waals surface area contributed by atoms with Crippen molar-refractivity contribution in [3.63, 3.8) is 0 Å². The van der Waals surface area contributed by atoms with E-state index in [9.17, 15) is 14.7 Å². The van der Waals surface area contributed by atoms with E-state index in [4.69, 9.17) is 0 Å². The third kappa shape index (κ3) is 4.75. The van der Waals surface area contributed by atoms with Crippen LogP contribution in [0, 0.1) is 0 Å². The molecule has 1 atom stereocenters. The molecule has 0 spiro atoms. The number of nitrogens with one attached hydrogen (secondary N) is 2. The molecule has 2 amide bonds. The van der Waals surface area contributed by atoms with E-state index in [0.29, 0.717) is 13.1 Å². The largest absolute Gasteiger partial charge is 0.387 e. The number of hydrogen-bond acceptors (Lipinski definition) is 5. The van der Waals surface area contributed by atoms with Gasteiger partial charge in [-0.15, -0.1) is 11.3 Å². The van der Waals surface area contributed by atoms with Crippen molar-refractivity contribution in [2.24, 2.45) is 0 Å². The molecule has 0 radical (unpaired) electrons. The van der Waals surface area contributed by atoms with Crippen LogP contribution >= 0.6 is 11.3 Å². The Balaban J connectivity index is 1.85. The second-order valence-corrected chi connectivity index (χ2v) is 6.38. The lowest BCUT2D eigenvalue weighted by atomic mass is 10.1. The van der Waals surface area contributed by atoms with Crippen LogP contribution in [0.15, 0.2) is 29.6 Å². The fourth-order valence-electron chi connectivity index (χ4n) is 2.11. The number of aliphatic hydroxyl groups is 1. The van der Waals surface area contributed by atoms with Gasteiger partial charge in [-0.3, -0.25) is 9.59 Å². The molecule has 0 bridgehead atoms. The topological polar surface area (TPSA) is 81.7 Å². The van der Waals surface area contributed by atoms with Crippen molar-refractivity contribution in [2.75, 3.05) is 33.7 Å². The molecule has 1 heterocycles. The molecule has 7 heteroatoms. The van der Waals surface area contributed by atoms with Crippen LogP contribution in [0.2, 0.25) is 0 Å². The van der Waals surface area contributed by atoms with E-state index in [1.54, 1.807) is 0 Å². The normalized spacial score (nSPS) is 12.3. The Morgan fingerprint density at radius 3 is 2.65 bits per heavy atom. The lowest BCUT2D eigenvalue weighted by molar-refractivity contribution is -0.139. The summed E-state index contributed by atoms with van der Waals surface area (Å²) in [6, 6.07) is 7.75. The number of fused-ring (bicyclic) bond motifs is 1. The molecule has 0 aliphatic carbocycles. The number of hydrogen-bond donors (Lipinski definition) is 3. The second-order valence-electron chi connectivity index (χ2n) is 5.47. The van der Waals surface area contributed by atoms with Gasteiger partial charge in [0.05, 0.1) is 6.10 Å². The van der Waals surface area contributed by atoms with Gasteiger partial charge >= 0.3 is 11.8 Å². The minimum absolute atomic E-state index is 0.000656. The summed E-state index contributed by atoms with van der Waals surface area (Å²) < 4.78 is 1.08. The molecule has 0 saturated carbocycles. The summed E-state index contributed by atoms with van der Waals surface area (Å²) in [5, 5.41) is 18.1. The zero-order valence-corrected chi connectivity index (χ0v) is 14.0. The summed E-state index contributed by atoms with van der Waals surface area (Å²) in [6.45, 7) is 1.06. The summed E-state index contributed by atoms with van der Waals surface area (Å²) in [5.41, 5.74) is 0.763. The number of amides is 2. The van der Waals surface area contributed by atoms with Crippen molar-refractivity contribution in [1.29, 1.82) is 0 Å². The lowest BCUT2D eigenvalue weighted by Crippen LogP contribution is -2.43. The predicted octanol–water partition coefficient (Wildman–Crippen LogP) is 0.729. The Bertz CT molecular complexity index is 684. The molecule has 1 unspecified atom stereocenters. The van der Waals surface area contributed by atoms with Gasteiger partial charge in [-0.05, 0) is 30.9 Å². The van der Waals surface area contributed by atoms with Crippen LogP contribution in [0.1, 0.15) is 11.7 Å². The van der Waals surface area contributed by atoms with Gasteiger partial charge in [-0.2, -0.15) is 0 Å². The number of nitrogens with zero attached hydrogens (tertiary/aromatic N) is 1. The van der Waals surface area contributed by atoms with Gasteiger partial charge in [0.1, 0.15) is 0 Å². The second kappa shape index (κ2) is 8.05. The van der Waals surface area contributed by atoms with Crippen LogP contribution in [0.5, 0.6) is 0 Å². The molecule has 3 N–H and O–H groups in total. The number of benzene rings is 1. The Hall–Kier alpha value is -1.96. The SMILES string of the molecule is CN(C)CCNC(=O)C(=O)NCC(O)c1csc2ccccc12. The maximum atomic E-state index is 11.7. The van der Waals surface area contributed by atoms with Gasteiger partial charge in [0.15, 0.2) is 0 Å². The smallest absolute Gasteiger partial charge is 0.309 e. The first-order valence-corrected chi connectivity index (χ1v) is 8.22. The van der Waals surface area contributed by atoms with Gasteiger partial charge in [-0.1, -0.05) is 18.2 Å². The summed E-state index contributed by atoms with van der Waals surface area (Å²) in [6.07, 6.45) is -0.843. The van der Waals surface area contributed by atoms with Crippen LogP contribution in [-0.4, -0.2) is 55.6 Å². The molecule has 1 aromatic carbocycles. The Morgan fingerprint density at radius 2 is 1.91 bits per heavy atom. The molecular weight excluding hydrogens is 314 g/mol. The first kappa shape index (κ1) is 17.4. The zero-order valence-electron chi connectivity index (χ0n) is 13.2. The number of carbonyl (C=O) groups is 2. The monoisotopic (exact) mass is 335 g/mol. The maximum absolute atomic E-state index is 11.7. The molecule has 0 saturated heterocycles. The summed E-state index contributed by atoms with van der Waals surface area (Å²) in [7, 11) is 3.77. The van der Waals surface area contributed by atoms with Gasteiger partial charge in [0.25, 0.3) is 0 Å². The van der Waals surface area contributed by atoms with Crippen LogP contribution in [0.3, 0.4) is 0 Å². The summed E-state index contributed by atoms with van der Waals surface area (Å²) in [5.74, 6) is -1.42. The first-order chi connectivity index (χ1) is 11.0. The highest BCUT2D eigenvalue weighted by Crippen LogP contribution is 2.29. The van der Waals surface area contributed by atoms with E-state index < -0.39 is 17.9 Å².